The predicted octanol–water partition coefficient (Wildman–Crippen LogP) is 5.15. The zero-order chi connectivity index (χ0) is 22.8. The summed E-state index contributed by atoms with van der Waals surface area (Å²) in [7, 11) is 0. The van der Waals surface area contributed by atoms with Gasteiger partial charge in [-0.2, -0.15) is 0 Å². The minimum atomic E-state index is -0.618. The molecule has 1 aliphatic heterocycles. The molecule has 32 heavy (non-hydrogen) atoms. The molecule has 6 nitrogen and oxygen atoms in total. The van der Waals surface area contributed by atoms with Gasteiger partial charge in [-0.05, 0) is 61.7 Å². The largest absolute Gasteiger partial charge is 0.350 e. The standard InChI is InChI=1S/C24H23Cl2N3O3/c1-14-18(25)8-5-9-19(14)29-23(31)20(26)21(24(29)32)27-17-12-10-15(11-13-17)22(30)28-16-6-3-2-4-7-16/h5,8-13,16,27H,2-4,6-7H2,1H3,(H,28,30). The first kappa shape index (κ1) is 22.4. The summed E-state index contributed by atoms with van der Waals surface area (Å²) < 4.78 is 0. The van der Waals surface area contributed by atoms with E-state index in [1.165, 1.54) is 6.42 Å². The van der Waals surface area contributed by atoms with Gasteiger partial charge in [0.25, 0.3) is 17.7 Å². The van der Waals surface area contributed by atoms with E-state index in [2.05, 4.69) is 10.6 Å². The molecule has 0 unspecified atom stereocenters. The predicted molar refractivity (Wildman–Crippen MR) is 126 cm³/mol. The van der Waals surface area contributed by atoms with Gasteiger partial charge in [0.15, 0.2) is 0 Å². The number of nitrogens with one attached hydrogen (secondary N) is 2. The number of amides is 3. The maximum Gasteiger partial charge on any atom is 0.283 e. The summed E-state index contributed by atoms with van der Waals surface area (Å²) in [6.45, 7) is 1.73. The zero-order valence-corrected chi connectivity index (χ0v) is 19.1. The molecule has 3 amide bonds. The first-order valence-electron chi connectivity index (χ1n) is 10.6. The fourth-order valence-corrected chi connectivity index (χ4v) is 4.42. The fourth-order valence-electron chi connectivity index (χ4n) is 4.03. The van der Waals surface area contributed by atoms with E-state index >= 15 is 0 Å². The molecule has 4 rings (SSSR count). The van der Waals surface area contributed by atoms with Crippen LogP contribution in [-0.4, -0.2) is 23.8 Å². The molecular formula is C24H23Cl2N3O3. The molecule has 0 saturated heterocycles. The highest BCUT2D eigenvalue weighted by Crippen LogP contribution is 2.34. The van der Waals surface area contributed by atoms with E-state index in [0.29, 0.717) is 27.5 Å². The maximum atomic E-state index is 13.0. The van der Waals surface area contributed by atoms with Crippen LogP contribution >= 0.6 is 23.2 Å². The summed E-state index contributed by atoms with van der Waals surface area (Å²) >= 11 is 12.4. The molecule has 2 aromatic rings. The molecule has 1 heterocycles. The smallest absolute Gasteiger partial charge is 0.283 e. The summed E-state index contributed by atoms with van der Waals surface area (Å²) in [5.74, 6) is -1.30. The van der Waals surface area contributed by atoms with Gasteiger partial charge in [-0.25, -0.2) is 4.90 Å². The van der Waals surface area contributed by atoms with Crippen LogP contribution < -0.4 is 15.5 Å². The lowest BCUT2D eigenvalue weighted by atomic mass is 9.95. The number of rotatable bonds is 5. The van der Waals surface area contributed by atoms with E-state index in [1.807, 2.05) is 0 Å². The van der Waals surface area contributed by atoms with Gasteiger partial charge in [0, 0.05) is 22.3 Å². The summed E-state index contributed by atoms with van der Waals surface area (Å²) in [5.41, 5.74) is 2.05. The zero-order valence-electron chi connectivity index (χ0n) is 17.6. The van der Waals surface area contributed by atoms with Gasteiger partial charge in [0.2, 0.25) is 0 Å². The second-order valence-electron chi connectivity index (χ2n) is 8.03. The van der Waals surface area contributed by atoms with Crippen LogP contribution in [0.2, 0.25) is 5.02 Å². The van der Waals surface area contributed by atoms with Crippen LogP contribution in [0.3, 0.4) is 0 Å². The summed E-state index contributed by atoms with van der Waals surface area (Å²) in [6, 6.07) is 11.9. The van der Waals surface area contributed by atoms with Crippen molar-refractivity contribution in [1.82, 2.24) is 5.32 Å². The second kappa shape index (κ2) is 9.35. The Bertz CT molecular complexity index is 1110. The molecule has 0 atom stereocenters. The fraction of sp³-hybridized carbons (Fsp3) is 0.292. The Hall–Kier alpha value is -2.83. The van der Waals surface area contributed by atoms with Gasteiger partial charge >= 0.3 is 0 Å². The van der Waals surface area contributed by atoms with Crippen LogP contribution in [0.15, 0.2) is 53.2 Å². The highest BCUT2D eigenvalue weighted by molar-refractivity contribution is 6.53. The molecule has 2 N–H and O–H groups in total. The third kappa shape index (κ3) is 4.38. The number of carbonyl (C=O) groups excluding carboxylic acids is 3. The molecule has 2 aliphatic rings. The third-order valence-corrected chi connectivity index (χ3v) is 6.62. The van der Waals surface area contributed by atoms with E-state index < -0.39 is 11.8 Å². The van der Waals surface area contributed by atoms with Crippen molar-refractivity contribution in [2.45, 2.75) is 45.1 Å². The van der Waals surface area contributed by atoms with E-state index in [1.54, 1.807) is 49.4 Å². The van der Waals surface area contributed by atoms with Gasteiger partial charge in [-0.15, -0.1) is 0 Å². The SMILES string of the molecule is Cc1c(Cl)cccc1N1C(=O)C(Cl)=C(Nc2ccc(C(=O)NC3CCCCC3)cc2)C1=O. The normalized spacial score (nSPS) is 17.2. The Labute approximate surface area is 196 Å². The van der Waals surface area contributed by atoms with Crippen LogP contribution in [0.4, 0.5) is 11.4 Å². The van der Waals surface area contributed by atoms with Crippen LogP contribution in [0.1, 0.15) is 48.0 Å². The first-order valence-corrected chi connectivity index (χ1v) is 11.3. The van der Waals surface area contributed by atoms with E-state index in [-0.39, 0.29) is 22.7 Å². The van der Waals surface area contributed by atoms with Gasteiger partial charge in [-0.3, -0.25) is 14.4 Å². The Morgan fingerprint density at radius 3 is 2.34 bits per heavy atom. The topological polar surface area (TPSA) is 78.5 Å². The van der Waals surface area contributed by atoms with Crippen molar-refractivity contribution in [3.05, 3.63) is 69.3 Å². The lowest BCUT2D eigenvalue weighted by Gasteiger charge is -2.22. The average Bonchev–Trinajstić information content (AvgIpc) is 3.00. The molecule has 0 spiro atoms. The molecule has 0 radical (unpaired) electrons. The molecule has 1 aliphatic carbocycles. The number of benzene rings is 2. The van der Waals surface area contributed by atoms with Crippen LogP contribution in [0.25, 0.3) is 0 Å². The average molecular weight is 472 g/mol. The number of anilines is 2. The summed E-state index contributed by atoms with van der Waals surface area (Å²) in [6.07, 6.45) is 5.53. The van der Waals surface area contributed by atoms with Crippen molar-refractivity contribution in [2.75, 3.05) is 10.2 Å². The van der Waals surface area contributed by atoms with E-state index in [9.17, 15) is 14.4 Å². The first-order chi connectivity index (χ1) is 15.4. The van der Waals surface area contributed by atoms with Gasteiger partial charge in [0.1, 0.15) is 10.7 Å². The number of carbonyl (C=O) groups is 3. The molecule has 0 aromatic heterocycles. The van der Waals surface area contributed by atoms with Gasteiger partial charge in [0.05, 0.1) is 5.69 Å². The molecule has 8 heteroatoms. The van der Waals surface area contributed by atoms with Crippen molar-refractivity contribution in [2.24, 2.45) is 0 Å². The van der Waals surface area contributed by atoms with Crippen molar-refractivity contribution >= 4 is 52.3 Å². The number of hydrogen-bond acceptors (Lipinski definition) is 4. The molecule has 0 bridgehead atoms. The molecule has 2 aromatic carbocycles. The molecule has 1 fully saturated rings. The Morgan fingerprint density at radius 1 is 0.969 bits per heavy atom. The van der Waals surface area contributed by atoms with Crippen LogP contribution in [0.5, 0.6) is 0 Å². The van der Waals surface area contributed by atoms with Crippen LogP contribution in [-0.2, 0) is 9.59 Å². The van der Waals surface area contributed by atoms with Gasteiger partial charge < -0.3 is 10.6 Å². The monoisotopic (exact) mass is 471 g/mol. The number of halogens is 2. The summed E-state index contributed by atoms with van der Waals surface area (Å²) in [5, 5.41) is 6.25. The highest BCUT2D eigenvalue weighted by atomic mass is 35.5. The summed E-state index contributed by atoms with van der Waals surface area (Å²) in [4.78, 5) is 39.2. The molecule has 166 valence electrons. The minimum Gasteiger partial charge on any atom is -0.350 e. The van der Waals surface area contributed by atoms with Crippen LogP contribution in [0, 0.1) is 6.92 Å². The highest BCUT2D eigenvalue weighted by Gasteiger charge is 2.39. The third-order valence-electron chi connectivity index (χ3n) is 5.86. The molecule has 1 saturated carbocycles. The van der Waals surface area contributed by atoms with Crippen molar-refractivity contribution in [3.63, 3.8) is 0 Å². The Kier molecular flexibility index (Phi) is 6.53. The number of hydrogen-bond donors (Lipinski definition) is 2. The van der Waals surface area contributed by atoms with Crippen molar-refractivity contribution in [3.8, 4) is 0 Å². The lowest BCUT2D eigenvalue weighted by molar-refractivity contribution is -0.120. The second-order valence-corrected chi connectivity index (χ2v) is 8.81. The quantitative estimate of drug-likeness (QED) is 0.591. The minimum absolute atomic E-state index is 0.0181. The Morgan fingerprint density at radius 2 is 1.66 bits per heavy atom. The van der Waals surface area contributed by atoms with Crippen molar-refractivity contribution < 1.29 is 14.4 Å². The van der Waals surface area contributed by atoms with Gasteiger partial charge in [-0.1, -0.05) is 48.5 Å². The lowest BCUT2D eigenvalue weighted by Crippen LogP contribution is -2.36. The Balaban J connectivity index is 1.47. The van der Waals surface area contributed by atoms with Crippen molar-refractivity contribution in [1.29, 1.82) is 0 Å². The van der Waals surface area contributed by atoms with E-state index in [4.69, 9.17) is 23.2 Å². The number of nitrogens with zero attached hydrogens (tertiary/aromatic N) is 1. The molecular weight excluding hydrogens is 449 g/mol. The number of imide groups is 1. The maximum absolute atomic E-state index is 13.0. The van der Waals surface area contributed by atoms with E-state index in [0.717, 1.165) is 30.6 Å².